The van der Waals surface area contributed by atoms with Crippen LogP contribution >= 0.6 is 11.7 Å². The molecule has 0 saturated heterocycles. The molecule has 1 aliphatic heterocycles. The van der Waals surface area contributed by atoms with Crippen LogP contribution in [0.3, 0.4) is 0 Å². The maximum atomic E-state index is 12.1. The molecule has 1 aromatic rings. The van der Waals surface area contributed by atoms with Crippen molar-refractivity contribution >= 4 is 23.5 Å². The zero-order valence-corrected chi connectivity index (χ0v) is 21.7. The summed E-state index contributed by atoms with van der Waals surface area (Å²) in [6, 6.07) is 0. The van der Waals surface area contributed by atoms with Gasteiger partial charge in [-0.15, -0.1) is 4.37 Å². The standard InChI is InChI=1S/C21H36N3O4S.C2H6O/c1-6-8-9-10-14-26-20-19(22-29-23-20)17-12-11-13-24(5,15-17)18(7-2)28-21(25)27-16(3)4;1-3-2/h12,16,18H,6-11,13-15H2,1-5H3;1-2H3/q+1;. The molecule has 1 aliphatic rings. The average Bonchev–Trinajstić information content (AvgIpc) is 3.20. The lowest BCUT2D eigenvalue weighted by Gasteiger charge is -2.42. The molecule has 0 amide bonds. The van der Waals surface area contributed by atoms with Gasteiger partial charge in [0.2, 0.25) is 6.23 Å². The van der Waals surface area contributed by atoms with Gasteiger partial charge >= 0.3 is 6.16 Å². The predicted molar refractivity (Wildman–Crippen MR) is 128 cm³/mol. The van der Waals surface area contributed by atoms with Crippen molar-refractivity contribution in [2.75, 3.05) is 41.0 Å². The van der Waals surface area contributed by atoms with Gasteiger partial charge in [-0.25, -0.2) is 4.79 Å². The highest BCUT2D eigenvalue weighted by atomic mass is 32.1. The molecule has 0 spiro atoms. The minimum absolute atomic E-state index is 0.194. The molecule has 2 unspecified atom stereocenters. The number of quaternary nitrogens is 1. The van der Waals surface area contributed by atoms with Crippen molar-refractivity contribution in [1.29, 1.82) is 0 Å². The van der Waals surface area contributed by atoms with Gasteiger partial charge in [0.05, 0.1) is 38.0 Å². The Morgan fingerprint density at radius 1 is 1.16 bits per heavy atom. The third-order valence-electron chi connectivity index (χ3n) is 5.17. The second-order valence-corrected chi connectivity index (χ2v) is 9.04. The molecule has 0 bridgehead atoms. The number of hydrogen-bond donors (Lipinski definition) is 0. The highest BCUT2D eigenvalue weighted by Crippen LogP contribution is 2.32. The van der Waals surface area contributed by atoms with E-state index in [4.69, 9.17) is 14.2 Å². The van der Waals surface area contributed by atoms with E-state index in [0.717, 1.165) is 30.7 Å². The largest absolute Gasteiger partial charge is 0.513 e. The predicted octanol–water partition coefficient (Wildman–Crippen LogP) is 5.29. The second kappa shape index (κ2) is 15.2. The summed E-state index contributed by atoms with van der Waals surface area (Å²) in [4.78, 5) is 12.1. The van der Waals surface area contributed by atoms with Crippen LogP contribution < -0.4 is 4.74 Å². The Labute approximate surface area is 197 Å². The summed E-state index contributed by atoms with van der Waals surface area (Å²) in [6.45, 7) is 10.1. The van der Waals surface area contributed by atoms with E-state index in [1.807, 2.05) is 20.8 Å². The fourth-order valence-electron chi connectivity index (χ4n) is 3.64. The van der Waals surface area contributed by atoms with Crippen LogP contribution in [0, 0.1) is 0 Å². The van der Waals surface area contributed by atoms with E-state index in [9.17, 15) is 4.79 Å². The minimum atomic E-state index is -0.603. The van der Waals surface area contributed by atoms with E-state index in [1.54, 1.807) is 14.2 Å². The monoisotopic (exact) mass is 472 g/mol. The summed E-state index contributed by atoms with van der Waals surface area (Å²) in [6.07, 6.45) is 7.38. The Hall–Kier alpha value is -1.71. The Morgan fingerprint density at radius 2 is 1.88 bits per heavy atom. The van der Waals surface area contributed by atoms with Crippen LogP contribution in [0.2, 0.25) is 0 Å². The number of unbranched alkanes of at least 4 members (excludes halogenated alkanes) is 3. The summed E-state index contributed by atoms with van der Waals surface area (Å²) in [5.74, 6) is 0.624. The van der Waals surface area contributed by atoms with Crippen LogP contribution in [0.15, 0.2) is 6.08 Å². The minimum Gasteiger partial charge on any atom is -0.475 e. The summed E-state index contributed by atoms with van der Waals surface area (Å²) >= 11 is 1.18. The van der Waals surface area contributed by atoms with E-state index in [0.29, 0.717) is 29.9 Å². The van der Waals surface area contributed by atoms with E-state index < -0.39 is 6.16 Å². The number of ether oxygens (including phenoxy) is 4. The summed E-state index contributed by atoms with van der Waals surface area (Å²) in [7, 11) is 5.37. The van der Waals surface area contributed by atoms with Gasteiger partial charge in [-0.3, -0.25) is 4.48 Å². The summed E-state index contributed by atoms with van der Waals surface area (Å²) < 4.78 is 30.5. The molecule has 2 heterocycles. The average molecular weight is 473 g/mol. The maximum Gasteiger partial charge on any atom is 0.513 e. The van der Waals surface area contributed by atoms with Crippen molar-refractivity contribution in [3.63, 3.8) is 0 Å². The lowest BCUT2D eigenvalue weighted by molar-refractivity contribution is -0.947. The van der Waals surface area contributed by atoms with Gasteiger partial charge in [-0.1, -0.05) is 39.2 Å². The number of hydrogen-bond acceptors (Lipinski definition) is 8. The van der Waals surface area contributed by atoms with Gasteiger partial charge in [0, 0.05) is 32.6 Å². The van der Waals surface area contributed by atoms with Crippen molar-refractivity contribution in [3.8, 4) is 5.88 Å². The molecule has 184 valence electrons. The fourth-order valence-corrected chi connectivity index (χ4v) is 4.17. The first-order chi connectivity index (χ1) is 15.3. The summed E-state index contributed by atoms with van der Waals surface area (Å²) in [5, 5.41) is 0. The van der Waals surface area contributed by atoms with Crippen LogP contribution in [0.4, 0.5) is 4.79 Å². The first-order valence-electron chi connectivity index (χ1n) is 11.6. The molecule has 0 saturated carbocycles. The van der Waals surface area contributed by atoms with Crippen molar-refractivity contribution in [3.05, 3.63) is 11.8 Å². The van der Waals surface area contributed by atoms with Gasteiger partial charge in [0.25, 0.3) is 5.88 Å². The molecule has 1 aromatic heterocycles. The third-order valence-corrected chi connectivity index (χ3v) is 5.68. The smallest absolute Gasteiger partial charge is 0.475 e. The Balaban J connectivity index is 0.00000161. The van der Waals surface area contributed by atoms with E-state index in [2.05, 4.69) is 33.5 Å². The zero-order chi connectivity index (χ0) is 24.0. The molecule has 8 nitrogen and oxygen atoms in total. The van der Waals surface area contributed by atoms with E-state index in [-0.39, 0.29) is 12.3 Å². The highest BCUT2D eigenvalue weighted by molar-refractivity contribution is 6.99. The second-order valence-electron chi connectivity index (χ2n) is 8.51. The number of methoxy groups -OCH3 is 1. The third kappa shape index (κ3) is 9.42. The molecule has 0 fully saturated rings. The van der Waals surface area contributed by atoms with Crippen molar-refractivity contribution in [2.45, 2.75) is 78.6 Å². The molecule has 0 radical (unpaired) electrons. The maximum absolute atomic E-state index is 12.1. The van der Waals surface area contributed by atoms with E-state index >= 15 is 0 Å². The molecule has 0 aromatic carbocycles. The topological polar surface area (TPSA) is 79.8 Å². The molecule has 0 aliphatic carbocycles. The first-order valence-corrected chi connectivity index (χ1v) is 12.3. The van der Waals surface area contributed by atoms with Gasteiger partial charge in [-0.05, 0) is 20.3 Å². The van der Waals surface area contributed by atoms with Crippen molar-refractivity contribution in [2.24, 2.45) is 0 Å². The van der Waals surface area contributed by atoms with Crippen molar-refractivity contribution in [1.82, 2.24) is 8.75 Å². The number of likely N-dealkylation sites (N-methyl/N-ethyl adjacent to an activating group) is 1. The van der Waals surface area contributed by atoms with Crippen LogP contribution in [0.1, 0.15) is 71.9 Å². The number of carbonyl (C=O) groups excluding carboxylic acids is 1. The molecular formula is C23H42N3O5S+. The number of aromatic nitrogens is 2. The lowest BCUT2D eigenvalue weighted by Crippen LogP contribution is -2.56. The van der Waals surface area contributed by atoms with Gasteiger partial charge < -0.3 is 18.9 Å². The van der Waals surface area contributed by atoms with Gasteiger partial charge in [0.1, 0.15) is 12.2 Å². The molecule has 0 N–H and O–H groups in total. The zero-order valence-electron chi connectivity index (χ0n) is 20.9. The Morgan fingerprint density at radius 3 is 2.50 bits per heavy atom. The molecule has 9 heteroatoms. The SMILES string of the molecule is CCCCCCOc1nsnc1C1=CCC[N+](C)(C(CC)OC(=O)OC(C)C)C1.COC. The number of nitrogens with zero attached hydrogens (tertiary/aromatic N) is 3. The summed E-state index contributed by atoms with van der Waals surface area (Å²) in [5.41, 5.74) is 1.93. The molecule has 2 atom stereocenters. The number of rotatable bonds is 11. The van der Waals surface area contributed by atoms with E-state index in [1.165, 1.54) is 31.0 Å². The van der Waals surface area contributed by atoms with Crippen LogP contribution in [0.5, 0.6) is 5.88 Å². The molecular weight excluding hydrogens is 430 g/mol. The molecule has 2 rings (SSSR count). The first kappa shape index (κ1) is 28.3. The van der Waals surface area contributed by atoms with Crippen molar-refractivity contribution < 1.29 is 28.2 Å². The molecule has 32 heavy (non-hydrogen) atoms. The fraction of sp³-hybridized carbons (Fsp3) is 0.783. The Kier molecular flexibility index (Phi) is 13.4. The Bertz CT molecular complexity index is 695. The van der Waals surface area contributed by atoms with Crippen LogP contribution in [-0.2, 0) is 14.2 Å². The van der Waals surface area contributed by atoms with Gasteiger partial charge in [-0.2, -0.15) is 4.37 Å². The highest BCUT2D eigenvalue weighted by Gasteiger charge is 2.38. The van der Waals surface area contributed by atoms with Crippen LogP contribution in [0.25, 0.3) is 5.57 Å². The number of carbonyl (C=O) groups is 1. The lowest BCUT2D eigenvalue weighted by atomic mass is 10.0. The van der Waals surface area contributed by atoms with Gasteiger partial charge in [0.15, 0.2) is 0 Å². The van der Waals surface area contributed by atoms with Crippen LogP contribution in [-0.4, -0.2) is 72.7 Å². The normalized spacial score (nSPS) is 18.9. The quantitative estimate of drug-likeness (QED) is 0.246.